The van der Waals surface area contributed by atoms with Crippen molar-refractivity contribution in [2.24, 2.45) is 5.92 Å². The topological polar surface area (TPSA) is 63.2 Å². The summed E-state index contributed by atoms with van der Waals surface area (Å²) in [5.74, 6) is 0.786. The Bertz CT molecular complexity index is 868. The molecular weight excluding hydrogens is 488 g/mol. The number of esters is 1. The van der Waals surface area contributed by atoms with Crippen LogP contribution >= 0.6 is 0 Å². The summed E-state index contributed by atoms with van der Waals surface area (Å²) in [7, 11) is -0.882. The number of hydrogen-bond donors (Lipinski definition) is 0. The molecule has 0 bridgehead atoms. The smallest absolute Gasteiger partial charge is 0.342 e. The molecular formula is C28H52O6Si2. The highest BCUT2D eigenvalue weighted by molar-refractivity contribution is 6.74. The number of methoxy groups -OCH3 is 2. The van der Waals surface area contributed by atoms with Gasteiger partial charge in [0.2, 0.25) is 0 Å². The van der Waals surface area contributed by atoms with Gasteiger partial charge in [0.05, 0.1) is 26.9 Å². The van der Waals surface area contributed by atoms with E-state index in [1.807, 2.05) is 6.07 Å². The van der Waals surface area contributed by atoms with Crippen LogP contribution in [0.2, 0.25) is 36.3 Å². The van der Waals surface area contributed by atoms with Gasteiger partial charge in [-0.3, -0.25) is 0 Å². The van der Waals surface area contributed by atoms with Gasteiger partial charge < -0.3 is 23.1 Å². The molecule has 6 nitrogen and oxygen atoms in total. The van der Waals surface area contributed by atoms with Crippen molar-refractivity contribution in [3.05, 3.63) is 23.3 Å². The van der Waals surface area contributed by atoms with Gasteiger partial charge in [0, 0.05) is 18.6 Å². The zero-order valence-corrected chi connectivity index (χ0v) is 27.4. The summed E-state index contributed by atoms with van der Waals surface area (Å²) in [6.07, 6.45) is 0.372. The summed E-state index contributed by atoms with van der Waals surface area (Å²) in [6, 6.07) is 3.63. The van der Waals surface area contributed by atoms with Crippen molar-refractivity contribution in [3.8, 4) is 11.5 Å². The predicted octanol–water partition coefficient (Wildman–Crippen LogP) is 7.47. The van der Waals surface area contributed by atoms with Gasteiger partial charge in [0.1, 0.15) is 17.1 Å². The first kappa shape index (κ1) is 32.7. The molecule has 2 atom stereocenters. The molecule has 0 N–H and O–H groups in total. The summed E-state index contributed by atoms with van der Waals surface area (Å²) in [5, 5.41) is 0.168. The maximum Gasteiger partial charge on any atom is 0.342 e. The third kappa shape index (κ3) is 8.33. The van der Waals surface area contributed by atoms with Gasteiger partial charge in [0.25, 0.3) is 0 Å². The van der Waals surface area contributed by atoms with Gasteiger partial charge in [0.15, 0.2) is 16.6 Å². The number of hydrogen-bond acceptors (Lipinski definition) is 6. The molecule has 0 aliphatic carbocycles. The van der Waals surface area contributed by atoms with Crippen LogP contribution in [-0.2, 0) is 20.0 Å². The highest BCUT2D eigenvalue weighted by Gasteiger charge is 2.42. The van der Waals surface area contributed by atoms with Crippen molar-refractivity contribution in [2.45, 2.75) is 104 Å². The molecule has 0 aliphatic heterocycles. The van der Waals surface area contributed by atoms with E-state index in [-0.39, 0.29) is 28.7 Å². The standard InChI is InChI=1S/C28H52O6Si2/c1-15-32-26(29)25-21(16-22(30-9)18-24(25)31-10)17-23(34-36(13,14)28(6,7)8)20(2)19-33-35(11,12)27(3,4)5/h16,18,20,23H,15,17,19H2,1-14H3/t20-,23+/m0/s1. The molecule has 0 amide bonds. The van der Waals surface area contributed by atoms with Gasteiger partial charge in [-0.25, -0.2) is 4.79 Å². The van der Waals surface area contributed by atoms with Crippen molar-refractivity contribution in [2.75, 3.05) is 27.4 Å². The van der Waals surface area contributed by atoms with E-state index < -0.39 is 22.6 Å². The van der Waals surface area contributed by atoms with Crippen LogP contribution in [0.3, 0.4) is 0 Å². The third-order valence-corrected chi connectivity index (χ3v) is 16.9. The van der Waals surface area contributed by atoms with E-state index in [1.54, 1.807) is 27.2 Å². The number of ether oxygens (including phenoxy) is 3. The SMILES string of the molecule is CCOC(=O)c1c(C[C@@H](O[Si](C)(C)C(C)(C)C)[C@@H](C)CO[Si](C)(C)C(C)(C)C)cc(OC)cc1OC. The Kier molecular flexibility index (Phi) is 11.3. The van der Waals surface area contributed by atoms with Crippen LogP contribution in [0.15, 0.2) is 12.1 Å². The Morgan fingerprint density at radius 3 is 1.92 bits per heavy atom. The number of carbonyl (C=O) groups is 1. The summed E-state index contributed by atoms with van der Waals surface area (Å²) in [4.78, 5) is 13.0. The molecule has 1 aromatic rings. The molecule has 0 saturated heterocycles. The molecule has 208 valence electrons. The molecule has 0 spiro atoms. The van der Waals surface area contributed by atoms with Crippen LogP contribution in [0.5, 0.6) is 11.5 Å². The average molecular weight is 541 g/mol. The largest absolute Gasteiger partial charge is 0.497 e. The van der Waals surface area contributed by atoms with Gasteiger partial charge in [-0.05, 0) is 61.2 Å². The molecule has 0 fully saturated rings. The Labute approximate surface area is 222 Å². The molecule has 1 rings (SSSR count). The highest BCUT2D eigenvalue weighted by atomic mass is 28.4. The zero-order chi connectivity index (χ0) is 28.1. The summed E-state index contributed by atoms with van der Waals surface area (Å²) in [6.45, 7) is 27.4. The molecule has 0 radical (unpaired) electrons. The maximum absolute atomic E-state index is 13.0. The van der Waals surface area contributed by atoms with E-state index in [4.69, 9.17) is 23.1 Å². The number of rotatable bonds is 12. The Morgan fingerprint density at radius 1 is 0.917 bits per heavy atom. The lowest BCUT2D eigenvalue weighted by atomic mass is 9.94. The minimum Gasteiger partial charge on any atom is -0.497 e. The van der Waals surface area contributed by atoms with Crippen LogP contribution in [-0.4, -0.2) is 56.1 Å². The normalized spacial score (nSPS) is 14.8. The van der Waals surface area contributed by atoms with Gasteiger partial charge >= 0.3 is 5.97 Å². The van der Waals surface area contributed by atoms with E-state index in [1.165, 1.54) is 0 Å². The van der Waals surface area contributed by atoms with Gasteiger partial charge in [-0.1, -0.05) is 48.5 Å². The van der Waals surface area contributed by atoms with Crippen molar-refractivity contribution in [3.63, 3.8) is 0 Å². The van der Waals surface area contributed by atoms with Crippen LogP contribution in [0, 0.1) is 5.92 Å². The quantitative estimate of drug-likeness (QED) is 0.202. The molecule has 0 aromatic heterocycles. The predicted molar refractivity (Wildman–Crippen MR) is 154 cm³/mol. The minimum absolute atomic E-state index is 0.0430. The fourth-order valence-corrected chi connectivity index (χ4v) is 5.85. The first-order valence-electron chi connectivity index (χ1n) is 13.0. The Balaban J connectivity index is 3.52. The van der Waals surface area contributed by atoms with E-state index >= 15 is 0 Å². The second kappa shape index (κ2) is 12.5. The lowest BCUT2D eigenvalue weighted by Crippen LogP contribution is -2.48. The maximum atomic E-state index is 13.0. The lowest BCUT2D eigenvalue weighted by Gasteiger charge is -2.42. The first-order valence-corrected chi connectivity index (χ1v) is 18.9. The number of benzene rings is 1. The summed E-state index contributed by atoms with van der Waals surface area (Å²) in [5.41, 5.74) is 1.23. The molecule has 0 saturated carbocycles. The van der Waals surface area contributed by atoms with E-state index in [0.29, 0.717) is 30.1 Å². The fourth-order valence-electron chi connectivity index (χ4n) is 3.31. The van der Waals surface area contributed by atoms with Crippen molar-refractivity contribution < 1.29 is 27.9 Å². The van der Waals surface area contributed by atoms with E-state index in [9.17, 15) is 4.79 Å². The molecule has 0 unspecified atom stereocenters. The van der Waals surface area contributed by atoms with Crippen LogP contribution < -0.4 is 9.47 Å². The van der Waals surface area contributed by atoms with Gasteiger partial charge in [-0.15, -0.1) is 0 Å². The van der Waals surface area contributed by atoms with Crippen LogP contribution in [0.25, 0.3) is 0 Å². The molecule has 36 heavy (non-hydrogen) atoms. The second-order valence-electron chi connectivity index (χ2n) is 12.8. The Hall–Kier alpha value is -1.36. The summed E-state index contributed by atoms with van der Waals surface area (Å²) >= 11 is 0. The van der Waals surface area contributed by atoms with E-state index in [0.717, 1.165) is 5.56 Å². The van der Waals surface area contributed by atoms with E-state index in [2.05, 4.69) is 74.7 Å². The monoisotopic (exact) mass is 540 g/mol. The molecule has 0 heterocycles. The Morgan fingerprint density at radius 2 is 1.47 bits per heavy atom. The van der Waals surface area contributed by atoms with Crippen molar-refractivity contribution >= 4 is 22.6 Å². The first-order chi connectivity index (χ1) is 16.3. The van der Waals surface area contributed by atoms with Crippen LogP contribution in [0.4, 0.5) is 0 Å². The lowest BCUT2D eigenvalue weighted by molar-refractivity contribution is 0.0518. The van der Waals surface area contributed by atoms with Crippen molar-refractivity contribution in [1.82, 2.24) is 0 Å². The highest BCUT2D eigenvalue weighted by Crippen LogP contribution is 2.41. The van der Waals surface area contributed by atoms with Gasteiger partial charge in [-0.2, -0.15) is 0 Å². The third-order valence-electron chi connectivity index (χ3n) is 7.91. The average Bonchev–Trinajstić information content (AvgIpc) is 2.74. The second-order valence-corrected chi connectivity index (χ2v) is 22.3. The number of carbonyl (C=O) groups excluding carboxylic acids is 1. The molecule has 8 heteroatoms. The fraction of sp³-hybridized carbons (Fsp3) is 0.750. The molecule has 1 aromatic carbocycles. The molecule has 0 aliphatic rings. The minimum atomic E-state index is -2.12. The van der Waals surface area contributed by atoms with Crippen molar-refractivity contribution in [1.29, 1.82) is 0 Å². The summed E-state index contributed by atoms with van der Waals surface area (Å²) < 4.78 is 30.1. The zero-order valence-electron chi connectivity index (χ0n) is 25.4. The van der Waals surface area contributed by atoms with Crippen LogP contribution in [0.1, 0.15) is 71.3 Å².